The normalized spacial score (nSPS) is 0. The summed E-state index contributed by atoms with van der Waals surface area (Å²) in [4.78, 5) is 0. The number of rotatable bonds is 0. The molecule has 0 atom stereocenters. The summed E-state index contributed by atoms with van der Waals surface area (Å²) in [5.41, 5.74) is 0. The standard InChI is InChI=1S/11CH4.H2/h11*1H4;1H. The molecule has 0 N–H and O–H groups in total. The predicted molar refractivity (Wildman–Crippen MR) is 76.2 cm³/mol. The van der Waals surface area contributed by atoms with Crippen LogP contribution in [0.4, 0.5) is 0 Å². The van der Waals surface area contributed by atoms with Crippen molar-refractivity contribution in [1.29, 1.82) is 0 Å². The highest BCUT2D eigenvalue weighted by molar-refractivity contribution is 2.51. The van der Waals surface area contributed by atoms with Gasteiger partial charge in [0.2, 0.25) is 0 Å². The molecular weight excluding hydrogens is 132 g/mol. The van der Waals surface area contributed by atoms with Crippen LogP contribution in [0, 0.1) is 0 Å². The van der Waals surface area contributed by atoms with E-state index in [-0.39, 0.29) is 83.1 Å². The Morgan fingerprint density at radius 1 is 0.182 bits per heavy atom. The average Bonchev–Trinajstić information content (AvgIpc) is 0. The molecule has 0 radical (unpaired) electrons. The maximum atomic E-state index is 0. The molecule has 0 rings (SSSR count). The van der Waals surface area contributed by atoms with Crippen LogP contribution in [0.2, 0.25) is 0 Å². The molecule has 0 heterocycles. The van der Waals surface area contributed by atoms with Crippen LogP contribution in [0.1, 0.15) is 83.1 Å². The fourth-order valence-corrected chi connectivity index (χ4v) is 0. The molecule has 0 aliphatic carbocycles. The molecule has 0 aromatic carbocycles. The van der Waals surface area contributed by atoms with Gasteiger partial charge in [-0.1, -0.05) is 81.7 Å². The second kappa shape index (κ2) is 0. The van der Waals surface area contributed by atoms with Crippen molar-refractivity contribution < 1.29 is 1.43 Å². The Morgan fingerprint density at radius 3 is 0.182 bits per heavy atom. The highest BCUT2D eigenvalue weighted by Crippen LogP contribution is 0.154. The Labute approximate surface area is 83.9 Å². The lowest BCUT2D eigenvalue weighted by molar-refractivity contribution is 2.50. The molecular formula is C11H46. The van der Waals surface area contributed by atoms with Crippen molar-refractivity contribution in [3.05, 3.63) is 0 Å². The van der Waals surface area contributed by atoms with Crippen LogP contribution in [0.3, 0.4) is 0 Å². The summed E-state index contributed by atoms with van der Waals surface area (Å²) in [6, 6.07) is 0. The first-order valence-electron chi connectivity index (χ1n) is 0. The Morgan fingerprint density at radius 2 is 0.182 bits per heavy atom. The molecule has 0 unspecified atom stereocenters. The van der Waals surface area contributed by atoms with E-state index in [0.29, 0.717) is 0 Å². The van der Waals surface area contributed by atoms with Gasteiger partial charge in [-0.3, -0.25) is 0 Å². The van der Waals surface area contributed by atoms with E-state index in [0.717, 1.165) is 0 Å². The van der Waals surface area contributed by atoms with Gasteiger partial charge >= 0.3 is 0 Å². The van der Waals surface area contributed by atoms with Crippen LogP contribution in [-0.4, -0.2) is 0 Å². The van der Waals surface area contributed by atoms with Crippen LogP contribution < -0.4 is 0 Å². The molecule has 0 fully saturated rings. The van der Waals surface area contributed by atoms with E-state index in [1.807, 2.05) is 0 Å². The summed E-state index contributed by atoms with van der Waals surface area (Å²) in [5.74, 6) is 0. The molecule has 0 spiro atoms. The minimum absolute atomic E-state index is 0. The van der Waals surface area contributed by atoms with Crippen LogP contribution >= 0.6 is 0 Å². The molecule has 0 nitrogen and oxygen atoms in total. The summed E-state index contributed by atoms with van der Waals surface area (Å²) in [6.07, 6.45) is 0. The lowest BCUT2D eigenvalue weighted by Crippen LogP contribution is 0.143. The van der Waals surface area contributed by atoms with Crippen molar-refractivity contribution in [2.75, 3.05) is 0 Å². The molecule has 0 heteroatoms. The van der Waals surface area contributed by atoms with Gasteiger partial charge in [0, 0.05) is 1.43 Å². The van der Waals surface area contributed by atoms with Crippen molar-refractivity contribution in [3.8, 4) is 0 Å². The third-order valence-corrected chi connectivity index (χ3v) is 0. The van der Waals surface area contributed by atoms with Gasteiger partial charge in [-0.2, -0.15) is 0 Å². The Bertz CT molecular complexity index is 4.97. The summed E-state index contributed by atoms with van der Waals surface area (Å²) >= 11 is 0. The largest absolute Gasteiger partial charge is 0.0776 e. The second-order valence-corrected chi connectivity index (χ2v) is 0. The second-order valence-electron chi connectivity index (χ2n) is 0. The molecule has 0 aromatic heterocycles. The zero-order valence-corrected chi connectivity index (χ0v) is 0. The van der Waals surface area contributed by atoms with Crippen molar-refractivity contribution in [1.82, 2.24) is 0 Å². The van der Waals surface area contributed by atoms with Gasteiger partial charge in [-0.15, -0.1) is 0 Å². The maximum absolute atomic E-state index is 0. The topological polar surface area (TPSA) is 0 Å². The van der Waals surface area contributed by atoms with E-state index in [1.54, 1.807) is 0 Å². The third-order valence-electron chi connectivity index (χ3n) is 0. The van der Waals surface area contributed by atoms with Gasteiger partial charge in [-0.05, 0) is 0 Å². The first-order chi connectivity index (χ1) is 0. The van der Waals surface area contributed by atoms with Gasteiger partial charge in [0.15, 0.2) is 0 Å². The molecule has 0 aromatic rings. The fourth-order valence-electron chi connectivity index (χ4n) is 0. The van der Waals surface area contributed by atoms with Crippen LogP contribution in [0.5, 0.6) is 0 Å². The van der Waals surface area contributed by atoms with Gasteiger partial charge < -0.3 is 0 Å². The van der Waals surface area contributed by atoms with E-state index < -0.39 is 0 Å². The van der Waals surface area contributed by atoms with Crippen molar-refractivity contribution >= 4 is 0 Å². The Balaban J connectivity index is 0. The zero-order chi connectivity index (χ0) is 0. The minimum atomic E-state index is 0. The first kappa shape index (κ1) is 0. The summed E-state index contributed by atoms with van der Waals surface area (Å²) in [6.45, 7) is 0. The Hall–Kier alpha value is 0. The van der Waals surface area contributed by atoms with Gasteiger partial charge in [0.05, 0.1) is 0 Å². The SMILES string of the molecule is C.C.C.C.C.C.C.C.C.C.C.[HH]. The van der Waals surface area contributed by atoms with Crippen LogP contribution in [-0.2, 0) is 0 Å². The summed E-state index contributed by atoms with van der Waals surface area (Å²) in [7, 11) is 0. The van der Waals surface area contributed by atoms with Crippen molar-refractivity contribution in [2.24, 2.45) is 0 Å². The van der Waals surface area contributed by atoms with E-state index in [9.17, 15) is 0 Å². The molecule has 90 valence electrons. The monoisotopic (exact) mass is 178 g/mol. The zero-order valence-electron chi connectivity index (χ0n) is 0. The van der Waals surface area contributed by atoms with Crippen molar-refractivity contribution in [3.63, 3.8) is 0 Å². The third kappa shape index (κ3) is 0. The van der Waals surface area contributed by atoms with E-state index >= 15 is 0 Å². The highest BCUT2D eigenvalue weighted by atomic mass is 12.0. The molecule has 0 saturated carbocycles. The molecule has 0 aliphatic heterocycles. The van der Waals surface area contributed by atoms with Gasteiger partial charge in [-0.25, -0.2) is 0 Å². The molecule has 0 bridgehead atoms. The van der Waals surface area contributed by atoms with E-state index in [2.05, 4.69) is 0 Å². The molecule has 11 heavy (non-hydrogen) atoms. The molecule has 0 aliphatic rings. The average molecular weight is 178 g/mol. The fraction of sp³-hybridized carbons (Fsp3) is 1.00. The quantitative estimate of drug-likeness (QED) is 0.367. The summed E-state index contributed by atoms with van der Waals surface area (Å²) in [5, 5.41) is 0. The molecule has 0 amide bonds. The smallest absolute Gasteiger partial charge is 0 e. The lowest BCUT2D eigenvalue weighted by atomic mass is 12.0. The Kier molecular flexibility index (Phi) is 0. The van der Waals surface area contributed by atoms with Crippen LogP contribution in [0.15, 0.2) is 0 Å². The lowest BCUT2D eigenvalue weighted by Gasteiger charge is -0.0786. The van der Waals surface area contributed by atoms with E-state index in [1.165, 1.54) is 0 Å². The maximum Gasteiger partial charge on any atom is 0 e. The van der Waals surface area contributed by atoms with E-state index in [4.69, 9.17) is 0 Å². The summed E-state index contributed by atoms with van der Waals surface area (Å²) < 4.78 is 0. The minimum Gasteiger partial charge on any atom is -0.0776 e. The molecule has 0 saturated heterocycles. The van der Waals surface area contributed by atoms with Crippen molar-refractivity contribution in [2.45, 2.75) is 81.7 Å². The van der Waals surface area contributed by atoms with Crippen LogP contribution in [0.25, 0.3) is 0 Å². The predicted octanol–water partition coefficient (Wildman–Crippen LogP) is 7.24. The number of hydrogen-bond donors (Lipinski definition) is 0. The van der Waals surface area contributed by atoms with Gasteiger partial charge in [0.25, 0.3) is 0 Å². The first-order valence-corrected chi connectivity index (χ1v) is 0. The highest BCUT2D eigenvalue weighted by Gasteiger charge is -0.0676. The number of hydrogen-bond acceptors (Lipinski definition) is 0. The van der Waals surface area contributed by atoms with Gasteiger partial charge in [0.1, 0.15) is 0 Å².